The van der Waals surface area contributed by atoms with Gasteiger partial charge in [0.2, 0.25) is 22.8 Å². The van der Waals surface area contributed by atoms with Crippen LogP contribution in [0, 0.1) is 16.7 Å². The van der Waals surface area contributed by atoms with Crippen molar-refractivity contribution >= 4 is 17.7 Å². The number of ketones is 1. The minimum atomic E-state index is -2.27. The molecule has 0 radical (unpaired) electrons. The summed E-state index contributed by atoms with van der Waals surface area (Å²) < 4.78 is 14.9. The molecule has 184 valence electrons. The van der Waals surface area contributed by atoms with Gasteiger partial charge in [0.1, 0.15) is 6.10 Å². The highest BCUT2D eigenvalue weighted by Crippen LogP contribution is 2.52. The molecule has 3 saturated heterocycles. The fourth-order valence-corrected chi connectivity index (χ4v) is 4.10. The molecule has 3 aliphatic heterocycles. The maximum Gasteiger partial charge on any atom is 0.347 e. The van der Waals surface area contributed by atoms with Gasteiger partial charge in [-0.05, 0) is 0 Å². The number of hydrogen-bond acceptors (Lipinski definition) is 11. The topological polar surface area (TPSA) is 180 Å². The average Bonchev–Trinajstić information content (AvgIpc) is 3.18. The minimum Gasteiger partial charge on any atom is -0.454 e. The van der Waals surface area contributed by atoms with Crippen molar-refractivity contribution in [2.24, 2.45) is 16.7 Å². The summed E-state index contributed by atoms with van der Waals surface area (Å²) in [5.41, 5.74) is -6.19. The van der Waals surface area contributed by atoms with E-state index in [2.05, 4.69) is 4.74 Å². The third-order valence-electron chi connectivity index (χ3n) is 6.37. The van der Waals surface area contributed by atoms with Crippen LogP contribution in [0.25, 0.3) is 0 Å². The van der Waals surface area contributed by atoms with Crippen molar-refractivity contribution in [3.8, 4) is 0 Å². The maximum atomic E-state index is 11.8. The van der Waals surface area contributed by atoms with Gasteiger partial charge in [-0.1, -0.05) is 48.5 Å². The molecule has 0 aliphatic carbocycles. The van der Waals surface area contributed by atoms with Crippen LogP contribution in [0.1, 0.15) is 48.5 Å². The van der Waals surface area contributed by atoms with Gasteiger partial charge in [0.15, 0.2) is 12.2 Å². The Labute approximate surface area is 186 Å². The van der Waals surface area contributed by atoms with Crippen LogP contribution < -0.4 is 0 Å². The quantitative estimate of drug-likeness (QED) is 0.242. The first-order chi connectivity index (χ1) is 14.3. The van der Waals surface area contributed by atoms with Crippen LogP contribution >= 0.6 is 0 Å². The number of aliphatic hydroxyl groups is 5. The Bertz CT molecular complexity index is 782. The molecule has 5 N–H and O–H groups in total. The molecule has 0 aromatic rings. The number of rotatable bonds is 2. The number of aliphatic hydroxyl groups excluding tert-OH is 2. The zero-order valence-electron chi connectivity index (χ0n) is 19.4. The second-order valence-electron chi connectivity index (χ2n) is 10.7. The first-order valence-electron chi connectivity index (χ1n) is 10.4. The molecule has 0 saturated carbocycles. The first kappa shape index (κ1) is 26.6. The molecule has 0 spiro atoms. The summed E-state index contributed by atoms with van der Waals surface area (Å²) in [6.07, 6.45) is -3.79. The molecule has 3 aliphatic rings. The first-order valence-corrected chi connectivity index (χ1v) is 10.4. The number of carbonyl (C=O) groups is 3. The third kappa shape index (κ3) is 3.55. The van der Waals surface area contributed by atoms with Gasteiger partial charge in [-0.3, -0.25) is 4.79 Å². The molecule has 32 heavy (non-hydrogen) atoms. The van der Waals surface area contributed by atoms with Crippen molar-refractivity contribution in [3.63, 3.8) is 0 Å². The van der Waals surface area contributed by atoms with Crippen molar-refractivity contribution in [1.82, 2.24) is 0 Å². The van der Waals surface area contributed by atoms with Gasteiger partial charge in [0, 0.05) is 16.7 Å². The molecule has 7 unspecified atom stereocenters. The Kier molecular flexibility index (Phi) is 6.65. The Hall–Kier alpha value is -1.63. The maximum absolute atomic E-state index is 11.8. The lowest BCUT2D eigenvalue weighted by molar-refractivity contribution is -0.287. The summed E-state index contributed by atoms with van der Waals surface area (Å²) in [6, 6.07) is 0. The fourth-order valence-electron chi connectivity index (χ4n) is 4.10. The molecule has 0 aromatic carbocycles. The van der Waals surface area contributed by atoms with Crippen LogP contribution in [-0.2, 0) is 28.6 Å². The number of Topliss-reactive ketones (excluding diaryl/α,β-unsaturated/α-hetero) is 1. The second-order valence-corrected chi connectivity index (χ2v) is 10.7. The van der Waals surface area contributed by atoms with Gasteiger partial charge in [-0.25, -0.2) is 9.59 Å². The van der Waals surface area contributed by atoms with E-state index in [4.69, 9.17) is 14.6 Å². The van der Waals surface area contributed by atoms with E-state index < -0.39 is 70.5 Å². The minimum absolute atomic E-state index is 0.120. The van der Waals surface area contributed by atoms with Crippen LogP contribution in [0.4, 0.5) is 0 Å². The summed E-state index contributed by atoms with van der Waals surface area (Å²) in [5, 5.41) is 48.9. The number of carbonyl (C=O) groups excluding carboxylic acids is 3. The van der Waals surface area contributed by atoms with Crippen molar-refractivity contribution in [3.05, 3.63) is 0 Å². The summed E-state index contributed by atoms with van der Waals surface area (Å²) in [5.74, 6) is -4.85. The van der Waals surface area contributed by atoms with E-state index in [-0.39, 0.29) is 12.5 Å². The van der Waals surface area contributed by atoms with Gasteiger partial charge < -0.3 is 39.7 Å². The highest BCUT2D eigenvalue weighted by atomic mass is 16.7. The van der Waals surface area contributed by atoms with E-state index in [0.717, 1.165) is 0 Å². The third-order valence-corrected chi connectivity index (χ3v) is 6.37. The molecule has 3 rings (SSSR count). The number of fused-ring (bicyclic) bond motifs is 1. The lowest BCUT2D eigenvalue weighted by Gasteiger charge is -2.41. The van der Waals surface area contributed by atoms with E-state index in [1.165, 1.54) is 20.8 Å². The van der Waals surface area contributed by atoms with Gasteiger partial charge in [-0.15, -0.1) is 0 Å². The Balaban J connectivity index is 0.000000227. The molecule has 3 fully saturated rings. The molecule has 0 amide bonds. The molecule has 11 nitrogen and oxygen atoms in total. The normalized spacial score (nSPS) is 40.4. The predicted molar refractivity (Wildman–Crippen MR) is 107 cm³/mol. The van der Waals surface area contributed by atoms with Gasteiger partial charge in [-0.2, -0.15) is 0 Å². The van der Waals surface area contributed by atoms with Gasteiger partial charge in [0.25, 0.3) is 0 Å². The standard InChI is InChI=1S/C11H18O5.C10H16O6/c1-6-5-15-11(14)7(6)16-8(12)10(11,13)9(2,3)4;1-9(2,3)10(15)7(13)6(5(12)4-11)16-8(10)14/h6-7,13-14H,5H2,1-4H3;5-6,11-12,15H,4H2,1-3H3. The Morgan fingerprint density at radius 2 is 1.50 bits per heavy atom. The van der Waals surface area contributed by atoms with E-state index in [1.54, 1.807) is 20.8 Å². The number of ether oxygens (including phenoxy) is 3. The predicted octanol–water partition coefficient (Wildman–Crippen LogP) is -1.34. The Morgan fingerprint density at radius 1 is 0.969 bits per heavy atom. The van der Waals surface area contributed by atoms with Crippen LogP contribution in [-0.4, -0.2) is 91.8 Å². The molecule has 7 atom stereocenters. The zero-order valence-corrected chi connectivity index (χ0v) is 19.4. The van der Waals surface area contributed by atoms with Crippen molar-refractivity contribution in [2.45, 2.75) is 83.8 Å². The molecular formula is C21H34O11. The number of esters is 2. The van der Waals surface area contributed by atoms with Crippen molar-refractivity contribution < 1.29 is 54.1 Å². The van der Waals surface area contributed by atoms with Crippen molar-refractivity contribution in [1.29, 1.82) is 0 Å². The van der Waals surface area contributed by atoms with Crippen LogP contribution in [0.2, 0.25) is 0 Å². The molecule has 11 heteroatoms. The largest absolute Gasteiger partial charge is 0.454 e. The molecule has 0 aromatic heterocycles. The summed E-state index contributed by atoms with van der Waals surface area (Å²) in [6.45, 7) is 10.9. The molecular weight excluding hydrogens is 428 g/mol. The lowest BCUT2D eigenvalue weighted by Crippen LogP contribution is -2.64. The van der Waals surface area contributed by atoms with Crippen LogP contribution in [0.15, 0.2) is 0 Å². The Morgan fingerprint density at radius 3 is 1.91 bits per heavy atom. The highest BCUT2D eigenvalue weighted by Gasteiger charge is 2.76. The highest BCUT2D eigenvalue weighted by molar-refractivity contribution is 6.14. The van der Waals surface area contributed by atoms with Gasteiger partial charge >= 0.3 is 11.9 Å². The smallest absolute Gasteiger partial charge is 0.347 e. The summed E-state index contributed by atoms with van der Waals surface area (Å²) >= 11 is 0. The van der Waals surface area contributed by atoms with Gasteiger partial charge in [0.05, 0.1) is 13.2 Å². The fraction of sp³-hybridized carbons (Fsp3) is 0.857. The van der Waals surface area contributed by atoms with E-state index >= 15 is 0 Å². The van der Waals surface area contributed by atoms with E-state index in [9.17, 15) is 34.8 Å². The summed E-state index contributed by atoms with van der Waals surface area (Å²) in [7, 11) is 0. The SMILES string of the molecule is CC(C)(C)C1(O)C(=O)OC(C(O)CO)C1=O.CC1COC2(O)C1OC(=O)C2(O)C(C)(C)C. The average molecular weight is 462 g/mol. The monoisotopic (exact) mass is 462 g/mol. The van der Waals surface area contributed by atoms with E-state index in [0.29, 0.717) is 0 Å². The number of hydrogen-bond donors (Lipinski definition) is 5. The molecule has 0 bridgehead atoms. The number of cyclic esters (lactones) is 1. The second kappa shape index (κ2) is 8.00. The lowest BCUT2D eigenvalue weighted by atomic mass is 9.70. The van der Waals surface area contributed by atoms with E-state index in [1.807, 2.05) is 6.92 Å². The summed E-state index contributed by atoms with van der Waals surface area (Å²) in [4.78, 5) is 35.1. The zero-order chi connectivity index (χ0) is 25.1. The van der Waals surface area contributed by atoms with Crippen LogP contribution in [0.3, 0.4) is 0 Å². The van der Waals surface area contributed by atoms with Crippen molar-refractivity contribution in [2.75, 3.05) is 13.2 Å². The van der Waals surface area contributed by atoms with Crippen LogP contribution in [0.5, 0.6) is 0 Å². The molecule has 3 heterocycles.